The third-order valence-electron chi connectivity index (χ3n) is 6.86. The predicted octanol–water partition coefficient (Wildman–Crippen LogP) is 2.58. The minimum atomic E-state index is -0.927. The first-order valence-corrected chi connectivity index (χ1v) is 10.6. The molecule has 0 aliphatic carbocycles. The van der Waals surface area contributed by atoms with E-state index in [0.717, 1.165) is 17.4 Å². The first kappa shape index (κ1) is 21.2. The van der Waals surface area contributed by atoms with Gasteiger partial charge in [0.05, 0.1) is 29.9 Å². The molecule has 3 saturated heterocycles. The molecule has 2 aromatic carbocycles. The number of carbonyl (C=O) groups excluding carboxylic acids is 3. The number of rotatable bonds is 5. The molecule has 4 atom stereocenters. The van der Waals surface area contributed by atoms with Crippen molar-refractivity contribution in [2.75, 3.05) is 18.6 Å². The number of ether oxygens (including phenoxy) is 1. The Morgan fingerprint density at radius 1 is 1.12 bits per heavy atom. The van der Waals surface area contributed by atoms with Crippen LogP contribution in [0.25, 0.3) is 0 Å². The van der Waals surface area contributed by atoms with Gasteiger partial charge in [0.25, 0.3) is 5.69 Å². The summed E-state index contributed by atoms with van der Waals surface area (Å²) in [6.07, 6.45) is 1.44. The number of halogens is 1. The van der Waals surface area contributed by atoms with Gasteiger partial charge in [-0.05, 0) is 49.7 Å². The van der Waals surface area contributed by atoms with Gasteiger partial charge in [0.15, 0.2) is 5.78 Å². The summed E-state index contributed by atoms with van der Waals surface area (Å²) in [6.45, 7) is 0.579. The Balaban J connectivity index is 1.58. The molecule has 0 radical (unpaired) electrons. The van der Waals surface area contributed by atoms with E-state index in [0.29, 0.717) is 13.0 Å². The minimum Gasteiger partial charge on any atom is -0.495 e. The van der Waals surface area contributed by atoms with E-state index in [1.54, 1.807) is 0 Å². The number of hydrogen-bond donors (Lipinski definition) is 0. The number of carbonyl (C=O) groups is 3. The molecule has 0 N–H and O–H groups in total. The number of hydrogen-bond acceptors (Lipinski definition) is 7. The number of amides is 2. The van der Waals surface area contributed by atoms with E-state index in [1.807, 2.05) is 4.90 Å². The number of imide groups is 1. The van der Waals surface area contributed by atoms with Gasteiger partial charge in [0.2, 0.25) is 11.8 Å². The molecule has 3 fully saturated rings. The molecule has 2 aromatic rings. The van der Waals surface area contributed by atoms with Crippen molar-refractivity contribution in [2.45, 2.75) is 24.9 Å². The summed E-state index contributed by atoms with van der Waals surface area (Å²) in [5.41, 5.74) is -0.0298. The predicted molar refractivity (Wildman–Crippen MR) is 113 cm³/mol. The average Bonchev–Trinajstić information content (AvgIpc) is 3.45. The van der Waals surface area contributed by atoms with Crippen molar-refractivity contribution in [2.24, 2.45) is 11.8 Å². The Morgan fingerprint density at radius 2 is 1.82 bits per heavy atom. The zero-order chi connectivity index (χ0) is 23.4. The Kier molecular flexibility index (Phi) is 4.97. The highest BCUT2D eigenvalue weighted by atomic mass is 19.1. The molecule has 170 valence electrons. The molecule has 2 amide bonds. The molecule has 0 saturated carbocycles. The van der Waals surface area contributed by atoms with Crippen LogP contribution >= 0.6 is 0 Å². The summed E-state index contributed by atoms with van der Waals surface area (Å²) in [6, 6.07) is 7.68. The summed E-state index contributed by atoms with van der Waals surface area (Å²) >= 11 is 0. The number of non-ortho nitro benzene ring substituents is 1. The van der Waals surface area contributed by atoms with Gasteiger partial charge < -0.3 is 4.74 Å². The molecule has 3 heterocycles. The van der Waals surface area contributed by atoms with Crippen LogP contribution in [0.3, 0.4) is 0 Å². The van der Waals surface area contributed by atoms with Crippen LogP contribution in [0.5, 0.6) is 5.75 Å². The van der Waals surface area contributed by atoms with Gasteiger partial charge in [0, 0.05) is 23.7 Å². The Labute approximate surface area is 187 Å². The molecule has 10 heteroatoms. The number of fused-ring (bicyclic) bond motifs is 3. The fourth-order valence-corrected chi connectivity index (χ4v) is 5.50. The molecule has 9 nitrogen and oxygen atoms in total. The smallest absolute Gasteiger partial charge is 0.271 e. The summed E-state index contributed by atoms with van der Waals surface area (Å²) in [5, 5.41) is 11.3. The van der Waals surface area contributed by atoms with E-state index in [4.69, 9.17) is 4.74 Å². The number of anilines is 1. The highest BCUT2D eigenvalue weighted by Gasteiger charge is 2.65. The molecule has 0 spiro atoms. The third kappa shape index (κ3) is 3.12. The molecule has 3 aliphatic heterocycles. The van der Waals surface area contributed by atoms with E-state index < -0.39 is 40.4 Å². The van der Waals surface area contributed by atoms with Gasteiger partial charge in [-0.25, -0.2) is 9.29 Å². The van der Waals surface area contributed by atoms with E-state index in [-0.39, 0.29) is 34.5 Å². The van der Waals surface area contributed by atoms with Crippen molar-refractivity contribution >= 4 is 29.0 Å². The highest BCUT2D eigenvalue weighted by molar-refractivity contribution is 6.25. The molecule has 0 bridgehead atoms. The van der Waals surface area contributed by atoms with E-state index in [2.05, 4.69) is 0 Å². The van der Waals surface area contributed by atoms with Crippen LogP contribution < -0.4 is 9.64 Å². The quantitative estimate of drug-likeness (QED) is 0.296. The van der Waals surface area contributed by atoms with Crippen molar-refractivity contribution in [1.29, 1.82) is 0 Å². The van der Waals surface area contributed by atoms with Crippen LogP contribution in [-0.2, 0) is 9.59 Å². The van der Waals surface area contributed by atoms with Gasteiger partial charge in [-0.2, -0.15) is 0 Å². The zero-order valence-corrected chi connectivity index (χ0v) is 17.6. The fraction of sp³-hybridized carbons (Fsp3) is 0.348. The van der Waals surface area contributed by atoms with Crippen LogP contribution in [-0.4, -0.2) is 53.2 Å². The van der Waals surface area contributed by atoms with Crippen molar-refractivity contribution in [3.63, 3.8) is 0 Å². The second-order valence-electron chi connectivity index (χ2n) is 8.44. The van der Waals surface area contributed by atoms with Gasteiger partial charge in [0.1, 0.15) is 17.3 Å². The lowest BCUT2D eigenvalue weighted by Gasteiger charge is -2.28. The van der Waals surface area contributed by atoms with E-state index >= 15 is 0 Å². The number of benzene rings is 2. The van der Waals surface area contributed by atoms with Crippen LogP contribution in [0, 0.1) is 27.8 Å². The number of nitro benzene ring substituents is 1. The molecule has 0 unspecified atom stereocenters. The maximum atomic E-state index is 13.6. The van der Waals surface area contributed by atoms with Crippen molar-refractivity contribution in [1.82, 2.24) is 4.90 Å². The maximum absolute atomic E-state index is 13.6. The molecule has 33 heavy (non-hydrogen) atoms. The minimum absolute atomic E-state index is 0.00590. The Bertz CT molecular complexity index is 1180. The monoisotopic (exact) mass is 453 g/mol. The first-order chi connectivity index (χ1) is 15.8. The van der Waals surface area contributed by atoms with Gasteiger partial charge in [-0.3, -0.25) is 29.4 Å². The number of ketones is 1. The van der Waals surface area contributed by atoms with Gasteiger partial charge in [-0.15, -0.1) is 0 Å². The topological polar surface area (TPSA) is 110 Å². The lowest BCUT2D eigenvalue weighted by atomic mass is 9.85. The van der Waals surface area contributed by atoms with E-state index in [9.17, 15) is 28.9 Å². The van der Waals surface area contributed by atoms with E-state index in [1.165, 1.54) is 43.5 Å². The lowest BCUT2D eigenvalue weighted by Crippen LogP contribution is -2.46. The summed E-state index contributed by atoms with van der Waals surface area (Å²) < 4.78 is 18.7. The number of Topliss-reactive ketones (excluding diaryl/α,β-unsaturated/α-hetero) is 1. The molecular formula is C23H20FN3O6. The van der Waals surface area contributed by atoms with Crippen LogP contribution in [0.1, 0.15) is 23.2 Å². The van der Waals surface area contributed by atoms with Gasteiger partial charge in [-0.1, -0.05) is 0 Å². The van der Waals surface area contributed by atoms with Crippen LogP contribution in [0.2, 0.25) is 0 Å². The number of nitrogens with zero attached hydrogens (tertiary/aromatic N) is 3. The number of nitro groups is 1. The summed E-state index contributed by atoms with van der Waals surface area (Å²) in [5.74, 6) is -3.42. The summed E-state index contributed by atoms with van der Waals surface area (Å²) in [7, 11) is 1.34. The SMILES string of the molecule is COc1ccc([N+](=O)[O-])cc1N1C(=O)[C@@H]2[C@H](C1=O)[C@@H](C(=O)c1ccc(F)cc1)N1CCC[C@H]21. The second-order valence-corrected chi connectivity index (χ2v) is 8.44. The summed E-state index contributed by atoms with van der Waals surface area (Å²) in [4.78, 5) is 54.1. The van der Waals surface area contributed by atoms with Crippen molar-refractivity contribution < 1.29 is 28.4 Å². The Hall–Kier alpha value is -3.66. The van der Waals surface area contributed by atoms with Crippen molar-refractivity contribution in [3.8, 4) is 5.75 Å². The van der Waals surface area contributed by atoms with Crippen molar-refractivity contribution in [3.05, 3.63) is 64.0 Å². The maximum Gasteiger partial charge on any atom is 0.271 e. The molecule has 5 rings (SSSR count). The van der Waals surface area contributed by atoms with Gasteiger partial charge >= 0.3 is 0 Å². The highest BCUT2D eigenvalue weighted by Crippen LogP contribution is 2.50. The normalized spacial score (nSPS) is 26.4. The zero-order valence-electron chi connectivity index (χ0n) is 17.6. The largest absolute Gasteiger partial charge is 0.495 e. The number of methoxy groups -OCH3 is 1. The van der Waals surface area contributed by atoms with Crippen LogP contribution in [0.15, 0.2) is 42.5 Å². The third-order valence-corrected chi connectivity index (χ3v) is 6.86. The molecule has 0 aromatic heterocycles. The first-order valence-electron chi connectivity index (χ1n) is 10.6. The second kappa shape index (κ2) is 7.73. The molecular weight excluding hydrogens is 433 g/mol. The lowest BCUT2D eigenvalue weighted by molar-refractivity contribution is -0.384. The van der Waals surface area contributed by atoms with Crippen LogP contribution in [0.4, 0.5) is 15.8 Å². The average molecular weight is 453 g/mol. The standard InChI is InChI=1S/C23H20FN3O6/c1-33-17-9-8-14(27(31)32)11-16(17)26-22(29)18-15-3-2-10-25(15)20(19(18)23(26)30)21(28)12-4-6-13(24)7-5-12/h4-9,11,15,18-20H,2-3,10H2,1H3/t15-,18+,19+,20+/m1/s1. The Morgan fingerprint density at radius 3 is 2.48 bits per heavy atom. The molecule has 3 aliphatic rings. The fourth-order valence-electron chi connectivity index (χ4n) is 5.50.